The lowest BCUT2D eigenvalue weighted by atomic mass is 9.94. The van der Waals surface area contributed by atoms with Crippen molar-refractivity contribution in [2.75, 3.05) is 19.8 Å². The van der Waals surface area contributed by atoms with Crippen LogP contribution in [0.3, 0.4) is 0 Å². The molecule has 2 amide bonds. The molecule has 0 aliphatic carbocycles. The molecule has 416 valence electrons. The summed E-state index contributed by atoms with van der Waals surface area (Å²) in [7, 11) is -22.5. The quantitative estimate of drug-likeness (QED) is 0.0334. The number of amides is 2. The van der Waals surface area contributed by atoms with Crippen molar-refractivity contribution in [3.05, 3.63) is 12.7 Å². The van der Waals surface area contributed by atoms with Gasteiger partial charge in [0.15, 0.2) is 37.4 Å². The first kappa shape index (κ1) is 61.1. The molecule has 0 radical (unpaired) electrons. The van der Waals surface area contributed by atoms with Crippen LogP contribution in [0.1, 0.15) is 13.8 Å². The second kappa shape index (κ2) is 24.5. The van der Waals surface area contributed by atoms with E-state index in [2.05, 4.69) is 28.6 Å². The summed E-state index contributed by atoms with van der Waals surface area (Å²) in [6.45, 7) is 1.47. The molecule has 0 saturated carbocycles. The summed E-state index contributed by atoms with van der Waals surface area (Å²) in [5, 5.41) is 78.7. The van der Waals surface area contributed by atoms with Crippen LogP contribution in [0.2, 0.25) is 0 Å². The minimum absolute atomic E-state index is 0.479. The zero-order valence-electron chi connectivity index (χ0n) is 36.3. The predicted molar refractivity (Wildman–Crippen MR) is 214 cm³/mol. The van der Waals surface area contributed by atoms with Gasteiger partial charge in [-0.15, -0.1) is 6.58 Å². The van der Waals surface area contributed by atoms with E-state index in [0.29, 0.717) is 0 Å². The lowest BCUT2D eigenvalue weighted by Crippen LogP contribution is -2.71. The minimum Gasteiger partial charge on any atom is -0.479 e. The van der Waals surface area contributed by atoms with E-state index in [9.17, 15) is 107 Å². The van der Waals surface area contributed by atoms with Gasteiger partial charge in [-0.2, -0.15) is 33.7 Å². The van der Waals surface area contributed by atoms with Gasteiger partial charge in [0.1, 0.15) is 85.3 Å². The van der Waals surface area contributed by atoms with E-state index in [-0.39, 0.29) is 0 Å². The Bertz CT molecular complexity index is 2390. The molecule has 0 aromatic heterocycles. The number of nitrogens with one attached hydrogen (secondary N) is 2. The van der Waals surface area contributed by atoms with E-state index in [4.69, 9.17) is 37.9 Å². The third kappa shape index (κ3) is 16.8. The Kier molecular flexibility index (Phi) is 20.8. The third-order valence-corrected chi connectivity index (χ3v) is 11.9. The molecule has 41 heteroatoms. The molecule has 4 heterocycles. The molecule has 72 heavy (non-hydrogen) atoms. The number of carboxylic acid groups (broad SMARTS) is 2. The summed E-state index contributed by atoms with van der Waals surface area (Å²) in [6, 6.07) is -4.30. The molecule has 20 atom stereocenters. The Balaban J connectivity index is 1.83. The van der Waals surface area contributed by atoms with Gasteiger partial charge < -0.3 is 84.3 Å². The van der Waals surface area contributed by atoms with Crippen LogP contribution in [0.5, 0.6) is 0 Å². The fraction of sp³-hybridized carbons (Fsp3) is 0.806. The molecule has 4 fully saturated rings. The number of aliphatic carboxylic acids is 2. The van der Waals surface area contributed by atoms with Crippen molar-refractivity contribution in [3.8, 4) is 0 Å². The maximum absolute atomic E-state index is 12.9. The first-order valence-corrected chi connectivity index (χ1v) is 25.2. The fourth-order valence-electron chi connectivity index (χ4n) is 7.34. The Morgan fingerprint density at radius 2 is 0.903 bits per heavy atom. The Morgan fingerprint density at radius 3 is 1.29 bits per heavy atom. The summed E-state index contributed by atoms with van der Waals surface area (Å²) in [5.74, 6) is -6.41. The smallest absolute Gasteiger partial charge is 0.397 e. The highest BCUT2D eigenvalue weighted by Gasteiger charge is 2.59. The Hall–Kier alpha value is -3.42. The molecule has 0 aromatic carbocycles. The number of aliphatic hydroxyl groups is 5. The molecular weight excluding hydrogens is 1090 g/mol. The third-order valence-electron chi connectivity index (χ3n) is 10.1. The molecule has 4 rings (SSSR count). The van der Waals surface area contributed by atoms with E-state index >= 15 is 0 Å². The van der Waals surface area contributed by atoms with Gasteiger partial charge in [0.05, 0.1) is 19.8 Å². The molecule has 4 aliphatic heterocycles. The first-order chi connectivity index (χ1) is 33.0. The molecule has 0 spiro atoms. The zero-order chi connectivity index (χ0) is 54.6. The number of carbonyl (C=O) groups is 4. The number of aliphatic hydroxyl groups excluding tert-OH is 5. The number of carbonyl (C=O) groups excluding carboxylic acids is 2. The van der Waals surface area contributed by atoms with Gasteiger partial charge in [-0.1, -0.05) is 6.08 Å². The van der Waals surface area contributed by atoms with Crippen LogP contribution in [0.15, 0.2) is 12.7 Å². The van der Waals surface area contributed by atoms with Crippen molar-refractivity contribution in [2.45, 2.75) is 137 Å². The van der Waals surface area contributed by atoms with Gasteiger partial charge in [-0.25, -0.2) is 26.3 Å². The van der Waals surface area contributed by atoms with Gasteiger partial charge in [-0.05, 0) is 0 Å². The average Bonchev–Trinajstić information content (AvgIpc) is 3.22. The van der Waals surface area contributed by atoms with Crippen LogP contribution < -0.4 is 10.6 Å². The largest absolute Gasteiger partial charge is 0.479 e. The van der Waals surface area contributed by atoms with Gasteiger partial charge >= 0.3 is 53.5 Å². The Morgan fingerprint density at radius 1 is 0.514 bits per heavy atom. The highest BCUT2D eigenvalue weighted by molar-refractivity contribution is 7.81. The fourth-order valence-corrected chi connectivity index (χ4v) is 8.99. The van der Waals surface area contributed by atoms with E-state index < -0.39 is 208 Å². The summed E-state index contributed by atoms with van der Waals surface area (Å²) >= 11 is 0. The average molecular weight is 1140 g/mol. The monoisotopic (exact) mass is 1140 g/mol. The number of carboxylic acids is 2. The lowest BCUT2D eigenvalue weighted by molar-refractivity contribution is -0.367. The molecule has 13 N–H and O–H groups in total. The van der Waals surface area contributed by atoms with Crippen LogP contribution in [-0.4, -0.2) is 254 Å². The van der Waals surface area contributed by atoms with Crippen LogP contribution in [0.4, 0.5) is 0 Å². The zero-order valence-corrected chi connectivity index (χ0v) is 39.6. The second-order valence-corrected chi connectivity index (χ2v) is 19.6. The van der Waals surface area contributed by atoms with Gasteiger partial charge in [0, 0.05) is 13.8 Å². The van der Waals surface area contributed by atoms with Crippen LogP contribution in [0.25, 0.3) is 0 Å². The molecule has 37 nitrogen and oxygen atoms in total. The summed E-state index contributed by atoms with van der Waals surface area (Å²) < 4.78 is 195. The van der Waals surface area contributed by atoms with E-state index in [0.717, 1.165) is 19.9 Å². The highest BCUT2D eigenvalue weighted by atomic mass is 32.3. The number of hydrogen-bond donors (Lipinski definition) is 13. The summed E-state index contributed by atoms with van der Waals surface area (Å²) in [4.78, 5) is 49.9. The first-order valence-electron chi connectivity index (χ1n) is 19.8. The standard InChI is InChI=1S/C31H48N2O35S4/c1-4-5-57-28-12(32-8(2)34)21(19(67-71(51,52)53)10(60-28)6-58-69(45,46)47)62-31-18(40)16(38)23(25(66-31)27(43)44)64-29-13(33-9(3)35)22(63-30-17(39)14(36)15(37)24(65-30)26(41)42)20(68-72(54,55)56)11(61-29)7-59-70(48,49)50/h4,10-25,28-31,36-40H,1,5-7H2,2-3H3,(H,32,34)(H,33,35)(H,41,42)(H,43,44)(H,45,46,47)(H,48,49,50)(H,51,52,53)(H,54,55,56). The van der Waals surface area contributed by atoms with Crippen molar-refractivity contribution < 1.29 is 161 Å². The van der Waals surface area contributed by atoms with E-state index in [1.807, 2.05) is 5.32 Å². The molecule has 20 unspecified atom stereocenters. The van der Waals surface area contributed by atoms with Crippen molar-refractivity contribution >= 4 is 65.3 Å². The van der Waals surface area contributed by atoms with Crippen molar-refractivity contribution in [2.24, 2.45) is 0 Å². The topological polar surface area (TPSA) is 562 Å². The summed E-state index contributed by atoms with van der Waals surface area (Å²) in [6.07, 6.45) is -44.1. The highest BCUT2D eigenvalue weighted by Crippen LogP contribution is 2.37. The SMILES string of the molecule is C=CCOC1OC(COS(=O)(=O)O)C(OS(=O)(=O)O)C(OC2OC(C(=O)O)C(OC3OC(COS(=O)(=O)O)C(OS(=O)(=O)O)C(OC4OC(C(=O)O)C(O)C(O)C4O)C3NC(C)=O)C(O)C2O)C1NC(C)=O. The van der Waals surface area contributed by atoms with E-state index in [1.165, 1.54) is 0 Å². The maximum Gasteiger partial charge on any atom is 0.397 e. The number of hydrogen-bond acceptors (Lipinski definition) is 29. The predicted octanol–water partition coefficient (Wildman–Crippen LogP) is -8.76. The van der Waals surface area contributed by atoms with E-state index in [1.54, 1.807) is 0 Å². The molecule has 4 saturated heterocycles. The van der Waals surface area contributed by atoms with Gasteiger partial charge in [-0.3, -0.25) is 27.8 Å². The summed E-state index contributed by atoms with van der Waals surface area (Å²) in [5.41, 5.74) is 0. The lowest BCUT2D eigenvalue weighted by Gasteiger charge is -2.50. The van der Waals surface area contributed by atoms with Crippen molar-refractivity contribution in [1.29, 1.82) is 0 Å². The normalized spacial score (nSPS) is 38.0. The maximum atomic E-state index is 12.9. The van der Waals surface area contributed by atoms with Crippen LogP contribution in [-0.2, 0) is 115 Å². The van der Waals surface area contributed by atoms with Crippen molar-refractivity contribution in [1.82, 2.24) is 10.6 Å². The van der Waals surface area contributed by atoms with Crippen LogP contribution >= 0.6 is 0 Å². The van der Waals surface area contributed by atoms with Gasteiger partial charge in [0.25, 0.3) is 0 Å². The molecular formula is C31H48N2O35S4. The second-order valence-electron chi connectivity index (χ2n) is 15.3. The molecule has 0 aromatic rings. The minimum atomic E-state index is -5.84. The Labute approximate surface area is 405 Å². The number of ether oxygens (including phenoxy) is 8. The van der Waals surface area contributed by atoms with Crippen LogP contribution in [0, 0.1) is 0 Å². The molecule has 0 bridgehead atoms. The van der Waals surface area contributed by atoms with Gasteiger partial charge in [0.2, 0.25) is 11.8 Å². The van der Waals surface area contributed by atoms with Crippen molar-refractivity contribution in [3.63, 3.8) is 0 Å². The number of rotatable bonds is 23. The molecule has 4 aliphatic rings.